The SMILES string of the molecule is Cc1ccc(C)c(NC(=O)CSc2cccc(NC(=O)/C(=C\c3ccc(C(C)C)cc3)NC(=O)c3ccccc3)c2)c1. The maximum Gasteiger partial charge on any atom is 0.272 e. The fraction of sp³-hybridized carbons (Fsp3) is 0.171. The van der Waals surface area contributed by atoms with Gasteiger partial charge in [-0.3, -0.25) is 14.4 Å². The topological polar surface area (TPSA) is 87.3 Å². The first-order chi connectivity index (χ1) is 20.2. The minimum Gasteiger partial charge on any atom is -0.325 e. The molecule has 0 aliphatic rings. The van der Waals surface area contributed by atoms with Crippen molar-refractivity contribution in [3.8, 4) is 0 Å². The van der Waals surface area contributed by atoms with Gasteiger partial charge in [0.1, 0.15) is 5.70 Å². The van der Waals surface area contributed by atoms with Crippen molar-refractivity contribution in [2.45, 2.75) is 38.5 Å². The van der Waals surface area contributed by atoms with Crippen LogP contribution >= 0.6 is 11.8 Å². The minimum absolute atomic E-state index is 0.111. The van der Waals surface area contributed by atoms with Gasteiger partial charge in [-0.2, -0.15) is 0 Å². The lowest BCUT2D eigenvalue weighted by atomic mass is 10.0. The van der Waals surface area contributed by atoms with E-state index in [4.69, 9.17) is 0 Å². The van der Waals surface area contributed by atoms with E-state index < -0.39 is 5.91 Å². The number of benzene rings is 4. The van der Waals surface area contributed by atoms with Crippen LogP contribution < -0.4 is 16.0 Å². The normalized spacial score (nSPS) is 11.2. The first-order valence-electron chi connectivity index (χ1n) is 13.8. The molecule has 3 amide bonds. The van der Waals surface area contributed by atoms with Gasteiger partial charge in [-0.25, -0.2) is 0 Å². The molecule has 42 heavy (non-hydrogen) atoms. The van der Waals surface area contributed by atoms with E-state index in [1.807, 2.05) is 80.6 Å². The maximum atomic E-state index is 13.4. The number of thioether (sulfide) groups is 1. The fourth-order valence-corrected chi connectivity index (χ4v) is 4.91. The number of carbonyl (C=O) groups excluding carboxylic acids is 3. The summed E-state index contributed by atoms with van der Waals surface area (Å²) in [5.74, 6) is -0.348. The van der Waals surface area contributed by atoms with Crippen molar-refractivity contribution in [1.82, 2.24) is 5.32 Å². The summed E-state index contributed by atoms with van der Waals surface area (Å²) in [7, 11) is 0. The van der Waals surface area contributed by atoms with Crippen LogP contribution in [0.1, 0.15) is 52.4 Å². The lowest BCUT2D eigenvalue weighted by Gasteiger charge is -2.13. The molecule has 0 bridgehead atoms. The zero-order valence-corrected chi connectivity index (χ0v) is 25.0. The van der Waals surface area contributed by atoms with E-state index >= 15 is 0 Å². The zero-order chi connectivity index (χ0) is 30.1. The summed E-state index contributed by atoms with van der Waals surface area (Å²) in [6.07, 6.45) is 1.66. The third-order valence-corrected chi connectivity index (χ3v) is 7.57. The molecule has 214 valence electrons. The quantitative estimate of drug-likeness (QED) is 0.134. The standard InChI is InChI=1S/C35H35N3O3S/c1-23(2)27-17-15-26(16-18-27)20-32(38-34(40)28-9-6-5-7-10-28)35(41)36-29-11-8-12-30(21-29)42-22-33(39)37-31-19-24(3)13-14-25(31)4/h5-21,23H,22H2,1-4H3,(H,36,41)(H,37,39)(H,38,40)/b32-20+. The van der Waals surface area contributed by atoms with E-state index in [0.29, 0.717) is 17.2 Å². The third-order valence-electron chi connectivity index (χ3n) is 6.57. The van der Waals surface area contributed by atoms with Crippen LogP contribution in [-0.4, -0.2) is 23.5 Å². The highest BCUT2D eigenvalue weighted by Gasteiger charge is 2.16. The van der Waals surface area contributed by atoms with Crippen LogP contribution in [0, 0.1) is 13.8 Å². The van der Waals surface area contributed by atoms with Gasteiger partial charge in [0, 0.05) is 21.8 Å². The second-order valence-corrected chi connectivity index (χ2v) is 11.4. The molecule has 0 aliphatic carbocycles. The average molecular weight is 578 g/mol. The van der Waals surface area contributed by atoms with Crippen molar-refractivity contribution < 1.29 is 14.4 Å². The molecule has 4 rings (SSSR count). The number of anilines is 2. The van der Waals surface area contributed by atoms with Crippen molar-refractivity contribution in [1.29, 1.82) is 0 Å². The molecule has 3 N–H and O–H groups in total. The highest BCUT2D eigenvalue weighted by atomic mass is 32.2. The highest BCUT2D eigenvalue weighted by Crippen LogP contribution is 2.24. The Bertz CT molecular complexity index is 1600. The van der Waals surface area contributed by atoms with E-state index in [0.717, 1.165) is 27.3 Å². The molecule has 0 aliphatic heterocycles. The number of hydrogen-bond acceptors (Lipinski definition) is 4. The Balaban J connectivity index is 1.47. The van der Waals surface area contributed by atoms with Crippen LogP contribution in [-0.2, 0) is 9.59 Å². The maximum absolute atomic E-state index is 13.4. The van der Waals surface area contributed by atoms with Crippen LogP contribution in [0.4, 0.5) is 11.4 Å². The van der Waals surface area contributed by atoms with Crippen molar-refractivity contribution in [2.75, 3.05) is 16.4 Å². The second kappa shape index (κ2) is 14.3. The molecule has 0 spiro atoms. The van der Waals surface area contributed by atoms with Gasteiger partial charge in [0.25, 0.3) is 11.8 Å². The number of rotatable bonds is 10. The number of hydrogen-bond donors (Lipinski definition) is 3. The number of aryl methyl sites for hydroxylation is 2. The molecular weight excluding hydrogens is 542 g/mol. The summed E-state index contributed by atoms with van der Waals surface area (Å²) in [4.78, 5) is 39.8. The largest absolute Gasteiger partial charge is 0.325 e. The Kier molecular flexibility index (Phi) is 10.3. The van der Waals surface area contributed by atoms with Gasteiger partial charge in [0.2, 0.25) is 5.91 Å². The fourth-order valence-electron chi connectivity index (χ4n) is 4.15. The molecular formula is C35H35N3O3S. The third kappa shape index (κ3) is 8.69. The summed E-state index contributed by atoms with van der Waals surface area (Å²) < 4.78 is 0. The molecule has 0 saturated carbocycles. The Morgan fingerprint density at radius 1 is 0.810 bits per heavy atom. The first-order valence-corrected chi connectivity index (χ1v) is 14.8. The lowest BCUT2D eigenvalue weighted by Crippen LogP contribution is -2.30. The molecule has 4 aromatic carbocycles. The summed E-state index contributed by atoms with van der Waals surface area (Å²) in [6, 6.07) is 29.9. The smallest absolute Gasteiger partial charge is 0.272 e. The van der Waals surface area contributed by atoms with E-state index in [1.165, 1.54) is 17.3 Å². The summed E-state index contributed by atoms with van der Waals surface area (Å²) in [5.41, 5.74) is 5.97. The lowest BCUT2D eigenvalue weighted by molar-refractivity contribution is -0.114. The molecule has 4 aromatic rings. The molecule has 0 fully saturated rings. The molecule has 7 heteroatoms. The van der Waals surface area contributed by atoms with Crippen molar-refractivity contribution in [2.24, 2.45) is 0 Å². The molecule has 0 saturated heterocycles. The van der Waals surface area contributed by atoms with Gasteiger partial charge in [0.15, 0.2) is 0 Å². The molecule has 0 radical (unpaired) electrons. The van der Waals surface area contributed by atoms with Gasteiger partial charge in [-0.1, -0.05) is 74.5 Å². The van der Waals surface area contributed by atoms with E-state index in [2.05, 4.69) is 29.8 Å². The Morgan fingerprint density at radius 2 is 1.55 bits per heavy atom. The van der Waals surface area contributed by atoms with Gasteiger partial charge in [0.05, 0.1) is 5.75 Å². The Labute approximate surface area is 251 Å². The average Bonchev–Trinajstić information content (AvgIpc) is 2.98. The molecule has 0 atom stereocenters. The number of amides is 3. The predicted molar refractivity (Wildman–Crippen MR) is 173 cm³/mol. The zero-order valence-electron chi connectivity index (χ0n) is 24.2. The number of nitrogens with one attached hydrogen (secondary N) is 3. The Hall–Kier alpha value is -4.62. The van der Waals surface area contributed by atoms with E-state index in [-0.39, 0.29) is 23.3 Å². The van der Waals surface area contributed by atoms with Crippen LogP contribution in [0.3, 0.4) is 0 Å². The minimum atomic E-state index is -0.456. The van der Waals surface area contributed by atoms with Crippen molar-refractivity contribution in [3.05, 3.63) is 131 Å². The van der Waals surface area contributed by atoms with Gasteiger partial charge >= 0.3 is 0 Å². The summed E-state index contributed by atoms with van der Waals surface area (Å²) in [6.45, 7) is 8.18. The van der Waals surface area contributed by atoms with Crippen LogP contribution in [0.25, 0.3) is 6.08 Å². The van der Waals surface area contributed by atoms with Gasteiger partial charge in [-0.05, 0) is 84.5 Å². The highest BCUT2D eigenvalue weighted by molar-refractivity contribution is 8.00. The van der Waals surface area contributed by atoms with E-state index in [1.54, 1.807) is 36.4 Å². The Morgan fingerprint density at radius 3 is 2.26 bits per heavy atom. The molecule has 0 unspecified atom stereocenters. The van der Waals surface area contributed by atoms with Crippen LogP contribution in [0.2, 0.25) is 0 Å². The van der Waals surface area contributed by atoms with Gasteiger partial charge < -0.3 is 16.0 Å². The monoisotopic (exact) mass is 577 g/mol. The summed E-state index contributed by atoms with van der Waals surface area (Å²) in [5, 5.41) is 8.64. The van der Waals surface area contributed by atoms with Crippen LogP contribution in [0.15, 0.2) is 108 Å². The molecule has 0 aromatic heterocycles. The number of carbonyl (C=O) groups is 3. The second-order valence-electron chi connectivity index (χ2n) is 10.3. The van der Waals surface area contributed by atoms with Crippen molar-refractivity contribution >= 4 is 46.9 Å². The first kappa shape index (κ1) is 30.3. The molecule has 6 nitrogen and oxygen atoms in total. The van der Waals surface area contributed by atoms with Crippen molar-refractivity contribution in [3.63, 3.8) is 0 Å². The van der Waals surface area contributed by atoms with Crippen LogP contribution in [0.5, 0.6) is 0 Å². The van der Waals surface area contributed by atoms with Gasteiger partial charge in [-0.15, -0.1) is 11.8 Å². The van der Waals surface area contributed by atoms with E-state index in [9.17, 15) is 14.4 Å². The molecule has 0 heterocycles. The predicted octanol–water partition coefficient (Wildman–Crippen LogP) is 7.57. The summed E-state index contributed by atoms with van der Waals surface area (Å²) >= 11 is 1.37.